The molecule has 1 unspecified atom stereocenters. The number of nitrogens with zero attached hydrogens (tertiary/aromatic N) is 1. The van der Waals surface area contributed by atoms with Crippen molar-refractivity contribution in [1.82, 2.24) is 10.2 Å². The Morgan fingerprint density at radius 1 is 0.944 bits per heavy atom. The Morgan fingerprint density at radius 2 is 1.56 bits per heavy atom. The van der Waals surface area contributed by atoms with E-state index >= 15 is 0 Å². The van der Waals surface area contributed by atoms with Gasteiger partial charge in [0.2, 0.25) is 5.91 Å². The average Bonchev–Trinajstić information content (AvgIpc) is 3.41. The molecule has 0 radical (unpaired) electrons. The van der Waals surface area contributed by atoms with Gasteiger partial charge in [-0.25, -0.2) is 4.79 Å². The molecular formula is C43H79N3O7S. The first-order chi connectivity index (χ1) is 25.3. The standard InChI is InChI=1S/C43H79N3O7S/c1-12-31(4)37(38-33(51-11)19-23-42(38,8)9)34(27-43(10,39(49)30(2)3)22-17-15-13-14-16-18-24-44)52-36(48)29-54-32-20-25-46(26-21-32)35(47)28-45-40(50)53-41(5,6)7/h30-34,37-38H,12-29,44H2,1-11H3,(H,45,50)/t31-,33-,34-,37?,38+,43+/m1/s1. The second-order valence-electron chi connectivity index (χ2n) is 18.5. The number of ketones is 1. The van der Waals surface area contributed by atoms with Crippen LogP contribution in [0.5, 0.6) is 0 Å². The number of rotatable bonds is 23. The molecule has 0 aromatic heterocycles. The highest BCUT2D eigenvalue weighted by Crippen LogP contribution is 2.53. The van der Waals surface area contributed by atoms with Gasteiger partial charge in [0, 0.05) is 42.7 Å². The van der Waals surface area contributed by atoms with Gasteiger partial charge >= 0.3 is 12.1 Å². The van der Waals surface area contributed by atoms with Crippen molar-refractivity contribution < 1.29 is 33.4 Å². The molecule has 1 saturated heterocycles. The van der Waals surface area contributed by atoms with Gasteiger partial charge in [-0.3, -0.25) is 14.4 Å². The van der Waals surface area contributed by atoms with Crippen molar-refractivity contribution in [3.63, 3.8) is 0 Å². The molecule has 6 atom stereocenters. The number of carbonyl (C=O) groups is 4. The van der Waals surface area contributed by atoms with Crippen molar-refractivity contribution in [2.75, 3.05) is 39.0 Å². The first-order valence-electron chi connectivity index (χ1n) is 21.1. The molecule has 0 aromatic rings. The lowest BCUT2D eigenvalue weighted by Crippen LogP contribution is -2.48. The fourth-order valence-corrected chi connectivity index (χ4v) is 9.93. The van der Waals surface area contributed by atoms with E-state index in [4.69, 9.17) is 19.9 Å². The molecule has 0 aromatic carbocycles. The zero-order valence-corrected chi connectivity index (χ0v) is 36.9. The van der Waals surface area contributed by atoms with E-state index in [0.29, 0.717) is 19.5 Å². The quantitative estimate of drug-likeness (QED) is 0.0772. The van der Waals surface area contributed by atoms with Gasteiger partial charge in [-0.1, -0.05) is 87.0 Å². The number of unbranched alkanes of at least 4 members (excludes halogenated alkanes) is 5. The van der Waals surface area contributed by atoms with Crippen molar-refractivity contribution in [1.29, 1.82) is 0 Å². The van der Waals surface area contributed by atoms with E-state index in [1.807, 2.05) is 13.8 Å². The van der Waals surface area contributed by atoms with Crippen molar-refractivity contribution in [3.05, 3.63) is 0 Å². The number of ether oxygens (including phenoxy) is 3. The predicted octanol–water partition coefficient (Wildman–Crippen LogP) is 8.57. The van der Waals surface area contributed by atoms with Crippen LogP contribution in [-0.4, -0.2) is 90.8 Å². The molecule has 1 saturated carbocycles. The topological polar surface area (TPSA) is 137 Å². The molecule has 2 amide bonds. The molecule has 10 nitrogen and oxygen atoms in total. The minimum atomic E-state index is -0.631. The minimum absolute atomic E-state index is 0.00397. The number of hydrogen-bond donors (Lipinski definition) is 2. The molecule has 3 N–H and O–H groups in total. The number of hydrogen-bond acceptors (Lipinski definition) is 9. The number of thioether (sulfide) groups is 1. The van der Waals surface area contributed by atoms with Crippen LogP contribution >= 0.6 is 11.8 Å². The summed E-state index contributed by atoms with van der Waals surface area (Å²) in [6, 6.07) is 0. The third kappa shape index (κ3) is 15.6. The third-order valence-electron chi connectivity index (χ3n) is 12.1. The molecule has 2 fully saturated rings. The van der Waals surface area contributed by atoms with Gasteiger partial charge in [0.05, 0.1) is 11.9 Å². The van der Waals surface area contributed by atoms with E-state index in [1.54, 1.807) is 44.5 Å². The number of Topliss-reactive ketones (excluding diaryl/α,β-unsaturated/α-hetero) is 1. The molecular weight excluding hydrogens is 703 g/mol. The maximum atomic E-state index is 14.1. The number of nitrogens with one attached hydrogen (secondary N) is 1. The lowest BCUT2D eigenvalue weighted by atomic mass is 9.63. The van der Waals surface area contributed by atoms with Crippen LogP contribution in [0.15, 0.2) is 0 Å². The molecule has 2 aliphatic rings. The van der Waals surface area contributed by atoms with E-state index < -0.39 is 23.2 Å². The van der Waals surface area contributed by atoms with E-state index in [0.717, 1.165) is 83.6 Å². The van der Waals surface area contributed by atoms with Crippen LogP contribution < -0.4 is 11.1 Å². The summed E-state index contributed by atoms with van der Waals surface area (Å²) in [4.78, 5) is 54.6. The van der Waals surface area contributed by atoms with Crippen molar-refractivity contribution >= 4 is 35.5 Å². The Morgan fingerprint density at radius 3 is 2.11 bits per heavy atom. The summed E-state index contributed by atoms with van der Waals surface area (Å²) in [7, 11) is 1.81. The summed E-state index contributed by atoms with van der Waals surface area (Å²) >= 11 is 1.60. The first kappa shape index (κ1) is 48.3. The molecule has 1 aliphatic carbocycles. The summed E-state index contributed by atoms with van der Waals surface area (Å²) in [5.74, 6) is 0.487. The number of esters is 1. The number of nitrogens with two attached hydrogens (primary N) is 1. The number of piperidine rings is 1. The molecule has 1 aliphatic heterocycles. The van der Waals surface area contributed by atoms with Crippen LogP contribution in [0.2, 0.25) is 0 Å². The summed E-state index contributed by atoms with van der Waals surface area (Å²) < 4.78 is 18.1. The van der Waals surface area contributed by atoms with Crippen molar-refractivity contribution in [2.24, 2.45) is 40.2 Å². The van der Waals surface area contributed by atoms with Crippen LogP contribution in [0.3, 0.4) is 0 Å². The lowest BCUT2D eigenvalue weighted by Gasteiger charge is -2.45. The maximum Gasteiger partial charge on any atom is 0.408 e. The third-order valence-corrected chi connectivity index (χ3v) is 13.4. The smallest absolute Gasteiger partial charge is 0.408 e. The summed E-state index contributed by atoms with van der Waals surface area (Å²) in [6.45, 7) is 22.4. The summed E-state index contributed by atoms with van der Waals surface area (Å²) in [6.07, 6.45) is 11.4. The van der Waals surface area contributed by atoms with Crippen molar-refractivity contribution in [3.8, 4) is 0 Å². The van der Waals surface area contributed by atoms with E-state index in [1.165, 1.54) is 0 Å². The Labute approximate surface area is 333 Å². The van der Waals surface area contributed by atoms with Crippen LogP contribution in [0, 0.1) is 34.5 Å². The first-order valence-corrected chi connectivity index (χ1v) is 22.2. The predicted molar refractivity (Wildman–Crippen MR) is 220 cm³/mol. The van der Waals surface area contributed by atoms with E-state index in [-0.39, 0.29) is 70.4 Å². The van der Waals surface area contributed by atoms with Crippen LogP contribution in [0.25, 0.3) is 0 Å². The zero-order chi connectivity index (χ0) is 40.7. The summed E-state index contributed by atoms with van der Waals surface area (Å²) in [5.41, 5.74) is 4.46. The van der Waals surface area contributed by atoms with Crippen LogP contribution in [0.4, 0.5) is 4.79 Å². The van der Waals surface area contributed by atoms with Gasteiger partial charge in [0.15, 0.2) is 0 Å². The summed E-state index contributed by atoms with van der Waals surface area (Å²) in [5, 5.41) is 2.78. The van der Waals surface area contributed by atoms with E-state index in [2.05, 4.69) is 39.9 Å². The zero-order valence-electron chi connectivity index (χ0n) is 36.1. The monoisotopic (exact) mass is 782 g/mol. The van der Waals surface area contributed by atoms with Crippen LogP contribution in [0.1, 0.15) is 153 Å². The molecule has 0 spiro atoms. The molecule has 2 rings (SSSR count). The normalized spacial score (nSPS) is 22.0. The highest BCUT2D eigenvalue weighted by atomic mass is 32.2. The van der Waals surface area contributed by atoms with Gasteiger partial charge < -0.3 is 30.2 Å². The van der Waals surface area contributed by atoms with Gasteiger partial charge in [0.1, 0.15) is 24.0 Å². The Hall–Kier alpha value is -1.85. The number of carbonyl (C=O) groups excluding carboxylic acids is 4. The maximum absolute atomic E-state index is 14.1. The van der Waals surface area contributed by atoms with Crippen LogP contribution in [-0.2, 0) is 28.6 Å². The number of alkyl carbamates (subject to hydrolysis) is 1. The van der Waals surface area contributed by atoms with Gasteiger partial charge in [0.25, 0.3) is 0 Å². The largest absolute Gasteiger partial charge is 0.461 e. The fourth-order valence-electron chi connectivity index (χ4n) is 8.94. The lowest BCUT2D eigenvalue weighted by molar-refractivity contribution is -0.160. The number of amides is 2. The molecule has 0 bridgehead atoms. The highest BCUT2D eigenvalue weighted by Gasteiger charge is 2.52. The second-order valence-corrected chi connectivity index (χ2v) is 19.8. The Bertz CT molecular complexity index is 1170. The van der Waals surface area contributed by atoms with Gasteiger partial charge in [-0.2, -0.15) is 0 Å². The Balaban J connectivity index is 2.21. The molecule has 314 valence electrons. The SMILES string of the molecule is CC[C@@H](C)C([C@@H]1[C@H](OC)CCC1(C)C)[C@@H](C[C@](C)(CCCCCCCCN)C(=O)C(C)C)OC(=O)CSC1CCN(C(=O)CNC(=O)OC(C)(C)C)CC1. The molecule has 1 heterocycles. The molecule has 11 heteroatoms. The molecule has 54 heavy (non-hydrogen) atoms. The number of methoxy groups -OCH3 is 1. The number of likely N-dealkylation sites (tertiary alicyclic amines) is 1. The van der Waals surface area contributed by atoms with E-state index in [9.17, 15) is 19.2 Å². The minimum Gasteiger partial charge on any atom is -0.461 e. The van der Waals surface area contributed by atoms with Gasteiger partial charge in [-0.15, -0.1) is 11.8 Å². The van der Waals surface area contributed by atoms with Gasteiger partial charge in [-0.05, 0) is 89.5 Å². The fraction of sp³-hybridized carbons (Fsp3) is 0.907. The Kier molecular flexibility index (Phi) is 20.4. The average molecular weight is 782 g/mol. The highest BCUT2D eigenvalue weighted by molar-refractivity contribution is 8.00. The van der Waals surface area contributed by atoms with Crippen molar-refractivity contribution in [2.45, 2.75) is 176 Å². The second kappa shape index (κ2) is 22.8.